The van der Waals surface area contributed by atoms with Gasteiger partial charge in [-0.15, -0.1) is 0 Å². The largest absolute Gasteiger partial charge is 0.497 e. The van der Waals surface area contributed by atoms with E-state index in [0.29, 0.717) is 11.3 Å². The maximum atomic E-state index is 13.6. The smallest absolute Gasteiger partial charge is 0.320 e. The minimum Gasteiger partial charge on any atom is -0.497 e. The molecular weight excluding hydrogens is 516 g/mol. The first-order valence-corrected chi connectivity index (χ1v) is 13.6. The van der Waals surface area contributed by atoms with Crippen LogP contribution in [0.3, 0.4) is 0 Å². The highest BCUT2D eigenvalue weighted by molar-refractivity contribution is 5.99. The molecule has 4 rings (SSSR count). The normalized spacial score (nSPS) is 12.3. The molecule has 0 amide bonds. The molecule has 0 bridgehead atoms. The molecule has 41 heavy (non-hydrogen) atoms. The number of ketones is 1. The van der Waals surface area contributed by atoms with Gasteiger partial charge in [0, 0.05) is 11.5 Å². The number of Topliss-reactive ketones (excluding diaryl/α,β-unsaturated/α-hetero) is 1. The fourth-order valence-corrected chi connectivity index (χ4v) is 4.73. The number of esters is 2. The van der Waals surface area contributed by atoms with Gasteiger partial charge in [-0.25, -0.2) is 0 Å². The van der Waals surface area contributed by atoms with E-state index >= 15 is 0 Å². The fraction of sp³-hybridized carbons (Fsp3) is 0.229. The van der Waals surface area contributed by atoms with Crippen molar-refractivity contribution in [2.75, 3.05) is 7.11 Å². The predicted octanol–water partition coefficient (Wildman–Crippen LogP) is 6.79. The van der Waals surface area contributed by atoms with Crippen LogP contribution in [0.5, 0.6) is 5.75 Å². The van der Waals surface area contributed by atoms with Crippen LogP contribution in [0.1, 0.15) is 46.3 Å². The van der Waals surface area contributed by atoms with Gasteiger partial charge < -0.3 is 14.2 Å². The summed E-state index contributed by atoms with van der Waals surface area (Å²) < 4.78 is 16.6. The number of methoxy groups -OCH3 is 1. The van der Waals surface area contributed by atoms with Gasteiger partial charge in [-0.3, -0.25) is 14.4 Å². The Hall–Kier alpha value is -4.71. The highest BCUT2D eigenvalue weighted by atomic mass is 16.6. The van der Waals surface area contributed by atoms with Gasteiger partial charge in [-0.05, 0) is 41.2 Å². The molecule has 0 aliphatic rings. The molecule has 0 saturated heterocycles. The van der Waals surface area contributed by atoms with E-state index in [9.17, 15) is 14.4 Å². The average molecular weight is 551 g/mol. The first kappa shape index (κ1) is 29.3. The Morgan fingerprint density at radius 2 is 1.10 bits per heavy atom. The topological polar surface area (TPSA) is 78.9 Å². The minimum atomic E-state index is -1.24. The third-order valence-corrected chi connectivity index (χ3v) is 7.13. The molecule has 0 N–H and O–H groups in total. The van der Waals surface area contributed by atoms with Crippen LogP contribution in [0, 0.1) is 11.8 Å². The first-order valence-electron chi connectivity index (χ1n) is 13.6. The number of hydrogen-bond acceptors (Lipinski definition) is 6. The SMILES string of the molecule is COc1ccc(C(CC(C(=O)OCc2ccccc2)C(=O)OCc2ccccc2)C(C)C(=O)c2ccccc2)cc1. The van der Waals surface area contributed by atoms with Crippen LogP contribution in [0.25, 0.3) is 0 Å². The standard InChI is InChI=1S/C35H34O6/c1-25(33(36)29-16-10-5-11-17-29)31(28-18-20-30(39-2)21-19-28)22-32(34(37)40-23-26-12-6-3-7-13-26)35(38)41-24-27-14-8-4-9-15-27/h3-21,25,31-32H,22-24H2,1-2H3. The van der Waals surface area contributed by atoms with E-state index in [1.807, 2.05) is 97.9 Å². The van der Waals surface area contributed by atoms with Gasteiger partial charge in [0.2, 0.25) is 0 Å². The van der Waals surface area contributed by atoms with E-state index in [-0.39, 0.29) is 25.4 Å². The second kappa shape index (κ2) is 14.6. The van der Waals surface area contributed by atoms with Crippen molar-refractivity contribution in [3.63, 3.8) is 0 Å². The van der Waals surface area contributed by atoms with Crippen molar-refractivity contribution >= 4 is 17.7 Å². The van der Waals surface area contributed by atoms with Gasteiger partial charge in [-0.2, -0.15) is 0 Å². The van der Waals surface area contributed by atoms with E-state index in [1.165, 1.54) is 0 Å². The third kappa shape index (κ3) is 8.15. The quantitative estimate of drug-likeness (QED) is 0.104. The Bertz CT molecular complexity index is 1350. The average Bonchev–Trinajstić information content (AvgIpc) is 3.04. The molecule has 6 nitrogen and oxygen atoms in total. The van der Waals surface area contributed by atoms with Crippen LogP contribution in [0.15, 0.2) is 115 Å². The zero-order valence-electron chi connectivity index (χ0n) is 23.3. The summed E-state index contributed by atoms with van der Waals surface area (Å²) in [6.45, 7) is 1.87. The summed E-state index contributed by atoms with van der Waals surface area (Å²) in [5, 5.41) is 0. The van der Waals surface area contributed by atoms with Crippen LogP contribution in [0.4, 0.5) is 0 Å². The van der Waals surface area contributed by atoms with E-state index in [2.05, 4.69) is 0 Å². The number of hydrogen-bond donors (Lipinski definition) is 0. The summed E-state index contributed by atoms with van der Waals surface area (Å²) in [4.78, 5) is 40.5. The maximum Gasteiger partial charge on any atom is 0.320 e. The number of rotatable bonds is 13. The molecular formula is C35H34O6. The summed E-state index contributed by atoms with van der Waals surface area (Å²) >= 11 is 0. The van der Waals surface area contributed by atoms with Gasteiger partial charge in [0.25, 0.3) is 0 Å². The van der Waals surface area contributed by atoms with Crippen molar-refractivity contribution in [2.45, 2.75) is 32.5 Å². The van der Waals surface area contributed by atoms with Crippen molar-refractivity contribution in [3.05, 3.63) is 138 Å². The Morgan fingerprint density at radius 3 is 1.56 bits per heavy atom. The maximum absolute atomic E-state index is 13.6. The molecule has 0 aliphatic heterocycles. The molecule has 0 saturated carbocycles. The Balaban J connectivity index is 1.62. The molecule has 0 heterocycles. The van der Waals surface area contributed by atoms with Crippen LogP contribution in [-0.2, 0) is 32.3 Å². The molecule has 0 aliphatic carbocycles. The zero-order valence-corrected chi connectivity index (χ0v) is 23.3. The van der Waals surface area contributed by atoms with E-state index < -0.39 is 29.7 Å². The van der Waals surface area contributed by atoms with Crippen molar-refractivity contribution < 1.29 is 28.6 Å². The lowest BCUT2D eigenvalue weighted by atomic mass is 9.77. The van der Waals surface area contributed by atoms with Crippen molar-refractivity contribution in [3.8, 4) is 5.75 Å². The van der Waals surface area contributed by atoms with E-state index in [0.717, 1.165) is 16.7 Å². The lowest BCUT2D eigenvalue weighted by Gasteiger charge is -2.27. The number of carbonyl (C=O) groups is 3. The summed E-state index contributed by atoms with van der Waals surface area (Å²) in [5.74, 6) is -3.06. The summed E-state index contributed by atoms with van der Waals surface area (Å²) in [5.41, 5.74) is 2.97. The van der Waals surface area contributed by atoms with Gasteiger partial charge in [0.1, 0.15) is 19.0 Å². The van der Waals surface area contributed by atoms with E-state index in [4.69, 9.17) is 14.2 Å². The Kier molecular flexibility index (Phi) is 10.4. The van der Waals surface area contributed by atoms with E-state index in [1.54, 1.807) is 31.4 Å². The second-order valence-corrected chi connectivity index (χ2v) is 9.87. The zero-order chi connectivity index (χ0) is 29.0. The molecule has 2 unspecified atom stereocenters. The molecule has 0 fully saturated rings. The van der Waals surface area contributed by atoms with Crippen LogP contribution in [-0.4, -0.2) is 24.8 Å². The van der Waals surface area contributed by atoms with Crippen LogP contribution >= 0.6 is 0 Å². The molecule has 4 aromatic rings. The molecule has 0 spiro atoms. The van der Waals surface area contributed by atoms with Gasteiger partial charge in [0.05, 0.1) is 7.11 Å². The number of benzene rings is 4. The highest BCUT2D eigenvalue weighted by Gasteiger charge is 2.37. The monoisotopic (exact) mass is 550 g/mol. The molecule has 0 radical (unpaired) electrons. The number of carbonyl (C=O) groups excluding carboxylic acids is 3. The molecule has 4 aromatic carbocycles. The fourth-order valence-electron chi connectivity index (χ4n) is 4.73. The molecule has 0 aromatic heterocycles. The highest BCUT2D eigenvalue weighted by Crippen LogP contribution is 2.35. The molecule has 6 heteroatoms. The first-order chi connectivity index (χ1) is 20.0. The minimum absolute atomic E-state index is 0.0217. The Labute approximate surface area is 240 Å². The Morgan fingerprint density at radius 1 is 0.634 bits per heavy atom. The lowest BCUT2D eigenvalue weighted by molar-refractivity contribution is -0.164. The lowest BCUT2D eigenvalue weighted by Crippen LogP contribution is -2.32. The predicted molar refractivity (Wildman–Crippen MR) is 156 cm³/mol. The molecule has 2 atom stereocenters. The summed E-state index contributed by atoms with van der Waals surface area (Å²) in [6, 6.07) is 34.9. The third-order valence-electron chi connectivity index (χ3n) is 7.13. The van der Waals surface area contributed by atoms with Gasteiger partial charge >= 0.3 is 11.9 Å². The van der Waals surface area contributed by atoms with Crippen molar-refractivity contribution in [1.82, 2.24) is 0 Å². The summed E-state index contributed by atoms with van der Waals surface area (Å²) in [7, 11) is 1.58. The second-order valence-electron chi connectivity index (χ2n) is 9.87. The van der Waals surface area contributed by atoms with Crippen LogP contribution < -0.4 is 4.74 Å². The summed E-state index contributed by atoms with van der Waals surface area (Å²) in [6.07, 6.45) is 0.0350. The number of ether oxygens (including phenoxy) is 3. The van der Waals surface area contributed by atoms with Gasteiger partial charge in [0.15, 0.2) is 11.7 Å². The van der Waals surface area contributed by atoms with Crippen LogP contribution in [0.2, 0.25) is 0 Å². The molecule has 210 valence electrons. The van der Waals surface area contributed by atoms with Crippen molar-refractivity contribution in [2.24, 2.45) is 11.8 Å². The van der Waals surface area contributed by atoms with Crippen molar-refractivity contribution in [1.29, 1.82) is 0 Å². The van der Waals surface area contributed by atoms with Gasteiger partial charge in [-0.1, -0.05) is 110 Å².